The molecule has 0 atom stereocenters. The van der Waals surface area contributed by atoms with Crippen LogP contribution in [0.4, 0.5) is 0 Å². The number of hydrogen-bond donors (Lipinski definition) is 1. The minimum Gasteiger partial charge on any atom is -0.315 e. The number of sulfonamides is 1. The Kier molecular flexibility index (Phi) is 3.88. The lowest BCUT2D eigenvalue weighted by Gasteiger charge is -2.10. The Bertz CT molecular complexity index is 435. The summed E-state index contributed by atoms with van der Waals surface area (Å²) in [4.78, 5) is 2.30. The van der Waals surface area contributed by atoms with E-state index in [1.807, 2.05) is 14.0 Å². The molecule has 0 aromatic carbocycles. The highest BCUT2D eigenvalue weighted by molar-refractivity contribution is 7.89. The Morgan fingerprint density at radius 3 is 2.53 bits per heavy atom. The highest BCUT2D eigenvalue weighted by atomic mass is 32.2. The first-order valence-electron chi connectivity index (χ1n) is 4.56. The zero-order valence-electron chi connectivity index (χ0n) is 9.36. The molecule has 0 aliphatic rings. The first-order valence-corrected chi connectivity index (χ1v) is 6.81. The molecule has 0 bridgehead atoms. The third-order valence-corrected chi connectivity index (χ3v) is 5.15. The van der Waals surface area contributed by atoms with Crippen molar-refractivity contribution in [2.24, 2.45) is 0 Å². The second-order valence-corrected chi connectivity index (χ2v) is 6.91. The molecule has 4 nitrogen and oxygen atoms in total. The number of thiophene rings is 1. The SMILES string of the molecule is CNCc1cc(S(=O)(=O)N(C)C)c(C)s1. The van der Waals surface area contributed by atoms with Gasteiger partial charge in [0.15, 0.2) is 0 Å². The molecule has 0 spiro atoms. The van der Waals surface area contributed by atoms with Crippen LogP contribution in [0.25, 0.3) is 0 Å². The number of nitrogens with zero attached hydrogens (tertiary/aromatic N) is 1. The molecule has 0 aliphatic carbocycles. The summed E-state index contributed by atoms with van der Waals surface area (Å²) in [7, 11) is 1.64. The molecule has 0 aliphatic heterocycles. The molecular formula is C9H16N2O2S2. The molecule has 1 aromatic rings. The summed E-state index contributed by atoms with van der Waals surface area (Å²) in [6, 6.07) is 1.74. The van der Waals surface area contributed by atoms with E-state index < -0.39 is 10.0 Å². The molecule has 1 heterocycles. The summed E-state index contributed by atoms with van der Waals surface area (Å²) in [6.45, 7) is 2.54. The lowest BCUT2D eigenvalue weighted by Crippen LogP contribution is -2.22. The first kappa shape index (κ1) is 12.6. The fourth-order valence-electron chi connectivity index (χ4n) is 1.24. The van der Waals surface area contributed by atoms with Gasteiger partial charge in [0.2, 0.25) is 10.0 Å². The predicted octanol–water partition coefficient (Wildman–Crippen LogP) is 1.03. The minimum absolute atomic E-state index is 0.419. The van der Waals surface area contributed by atoms with Crippen molar-refractivity contribution in [2.45, 2.75) is 18.4 Å². The topological polar surface area (TPSA) is 49.4 Å². The molecule has 15 heavy (non-hydrogen) atoms. The monoisotopic (exact) mass is 248 g/mol. The molecule has 0 radical (unpaired) electrons. The zero-order chi connectivity index (χ0) is 11.6. The van der Waals surface area contributed by atoms with Gasteiger partial charge in [-0.25, -0.2) is 12.7 Å². The van der Waals surface area contributed by atoms with Gasteiger partial charge in [-0.2, -0.15) is 0 Å². The summed E-state index contributed by atoms with van der Waals surface area (Å²) in [6.07, 6.45) is 0. The van der Waals surface area contributed by atoms with Gasteiger partial charge < -0.3 is 5.32 Å². The average Bonchev–Trinajstić information content (AvgIpc) is 2.47. The molecule has 0 saturated carbocycles. The second kappa shape index (κ2) is 4.61. The second-order valence-electron chi connectivity index (χ2n) is 3.45. The third-order valence-electron chi connectivity index (χ3n) is 2.03. The van der Waals surface area contributed by atoms with Crippen molar-refractivity contribution in [1.29, 1.82) is 0 Å². The Morgan fingerprint density at radius 1 is 1.47 bits per heavy atom. The fourth-order valence-corrected chi connectivity index (χ4v) is 3.75. The van der Waals surface area contributed by atoms with Crippen LogP contribution in [0.1, 0.15) is 9.75 Å². The van der Waals surface area contributed by atoms with Crippen molar-refractivity contribution in [2.75, 3.05) is 21.1 Å². The molecule has 0 saturated heterocycles. The summed E-state index contributed by atoms with van der Waals surface area (Å²) < 4.78 is 25.0. The largest absolute Gasteiger partial charge is 0.315 e. The van der Waals surface area contributed by atoms with Crippen LogP contribution in [0, 0.1) is 6.92 Å². The Morgan fingerprint density at radius 2 is 2.07 bits per heavy atom. The van der Waals surface area contributed by atoms with Gasteiger partial charge in [-0.1, -0.05) is 0 Å². The molecule has 1 rings (SSSR count). The zero-order valence-corrected chi connectivity index (χ0v) is 11.0. The average molecular weight is 248 g/mol. The molecule has 0 fully saturated rings. The van der Waals surface area contributed by atoms with Gasteiger partial charge in [-0.3, -0.25) is 0 Å². The molecule has 0 unspecified atom stereocenters. The Balaban J connectivity index is 3.16. The van der Waals surface area contributed by atoms with Crippen LogP contribution in [0.15, 0.2) is 11.0 Å². The highest BCUT2D eigenvalue weighted by Gasteiger charge is 2.21. The molecule has 1 aromatic heterocycles. The minimum atomic E-state index is -3.29. The van der Waals surface area contributed by atoms with Crippen LogP contribution in [0.2, 0.25) is 0 Å². The maximum atomic E-state index is 11.9. The van der Waals surface area contributed by atoms with Crippen molar-refractivity contribution in [3.05, 3.63) is 15.8 Å². The molecule has 0 amide bonds. The van der Waals surface area contributed by atoms with Crippen LogP contribution >= 0.6 is 11.3 Å². The first-order chi connectivity index (χ1) is 6.89. The van der Waals surface area contributed by atoms with Crippen molar-refractivity contribution >= 4 is 21.4 Å². The Hall–Kier alpha value is -0.430. The highest BCUT2D eigenvalue weighted by Crippen LogP contribution is 2.27. The van der Waals surface area contributed by atoms with Gasteiger partial charge in [0, 0.05) is 30.4 Å². The molecular weight excluding hydrogens is 232 g/mol. The van der Waals surface area contributed by atoms with Crippen molar-refractivity contribution in [3.8, 4) is 0 Å². The molecule has 86 valence electrons. The Labute approximate surface area is 95.0 Å². The summed E-state index contributed by atoms with van der Waals surface area (Å²) >= 11 is 1.51. The number of nitrogens with one attached hydrogen (secondary N) is 1. The van der Waals surface area contributed by atoms with Crippen LogP contribution in [0.5, 0.6) is 0 Å². The van der Waals surface area contributed by atoms with Gasteiger partial charge in [-0.15, -0.1) is 11.3 Å². The standard InChI is InChI=1S/C9H16N2O2S2/c1-7-9(15(12,13)11(3)4)5-8(14-7)6-10-2/h5,10H,6H2,1-4H3. The summed E-state index contributed by atoms with van der Waals surface area (Å²) in [5.41, 5.74) is 0. The quantitative estimate of drug-likeness (QED) is 0.865. The number of rotatable bonds is 4. The van der Waals surface area contributed by atoms with Gasteiger partial charge in [0.05, 0.1) is 4.90 Å². The lowest BCUT2D eigenvalue weighted by atomic mass is 10.4. The number of aryl methyl sites for hydroxylation is 1. The van der Waals surface area contributed by atoms with Gasteiger partial charge in [0.1, 0.15) is 0 Å². The van der Waals surface area contributed by atoms with Crippen molar-refractivity contribution in [1.82, 2.24) is 9.62 Å². The van der Waals surface area contributed by atoms with Crippen molar-refractivity contribution < 1.29 is 8.42 Å². The van der Waals surface area contributed by atoms with Crippen LogP contribution < -0.4 is 5.32 Å². The van der Waals surface area contributed by atoms with E-state index in [-0.39, 0.29) is 0 Å². The smallest absolute Gasteiger partial charge is 0.243 e. The van der Waals surface area contributed by atoms with E-state index in [9.17, 15) is 8.42 Å². The molecule has 6 heteroatoms. The predicted molar refractivity (Wildman–Crippen MR) is 62.7 cm³/mol. The fraction of sp³-hybridized carbons (Fsp3) is 0.556. The van der Waals surface area contributed by atoms with E-state index in [0.29, 0.717) is 11.4 Å². The van der Waals surface area contributed by atoms with Gasteiger partial charge in [-0.05, 0) is 20.0 Å². The number of hydrogen-bond acceptors (Lipinski definition) is 4. The van der Waals surface area contributed by atoms with E-state index in [2.05, 4.69) is 5.32 Å². The normalized spacial score (nSPS) is 12.3. The third kappa shape index (κ3) is 2.57. The van der Waals surface area contributed by atoms with Gasteiger partial charge in [0.25, 0.3) is 0 Å². The van der Waals surface area contributed by atoms with Crippen molar-refractivity contribution in [3.63, 3.8) is 0 Å². The van der Waals surface area contributed by atoms with E-state index in [4.69, 9.17) is 0 Å². The summed E-state index contributed by atoms with van der Waals surface area (Å²) in [5, 5.41) is 3.01. The lowest BCUT2D eigenvalue weighted by molar-refractivity contribution is 0.520. The van der Waals surface area contributed by atoms with Crippen LogP contribution in [0.3, 0.4) is 0 Å². The van der Waals surface area contributed by atoms with Gasteiger partial charge >= 0.3 is 0 Å². The van der Waals surface area contributed by atoms with E-state index in [0.717, 1.165) is 9.75 Å². The summed E-state index contributed by atoms with van der Waals surface area (Å²) in [5.74, 6) is 0. The van der Waals surface area contributed by atoms with E-state index in [1.165, 1.54) is 15.6 Å². The maximum Gasteiger partial charge on any atom is 0.243 e. The van der Waals surface area contributed by atoms with E-state index >= 15 is 0 Å². The van der Waals surface area contributed by atoms with E-state index in [1.54, 1.807) is 20.2 Å². The maximum absolute atomic E-state index is 11.9. The van der Waals surface area contributed by atoms with Crippen LogP contribution in [-0.2, 0) is 16.6 Å². The molecule has 1 N–H and O–H groups in total. The van der Waals surface area contributed by atoms with Crippen LogP contribution in [-0.4, -0.2) is 33.9 Å².